The van der Waals surface area contributed by atoms with Gasteiger partial charge in [-0.15, -0.1) is 0 Å². The van der Waals surface area contributed by atoms with Crippen LogP contribution in [0.3, 0.4) is 0 Å². The fraction of sp³-hybridized carbons (Fsp3) is 0.562. The van der Waals surface area contributed by atoms with Gasteiger partial charge in [-0.1, -0.05) is 33.1 Å². The van der Waals surface area contributed by atoms with E-state index >= 15 is 0 Å². The number of rotatable bonds is 8. The monoisotopic (exact) mass is 278 g/mol. The van der Waals surface area contributed by atoms with Crippen LogP contribution >= 0.6 is 0 Å². The van der Waals surface area contributed by atoms with Crippen molar-refractivity contribution >= 4 is 11.6 Å². The lowest BCUT2D eigenvalue weighted by Gasteiger charge is -2.16. The van der Waals surface area contributed by atoms with Crippen molar-refractivity contribution in [1.82, 2.24) is 5.32 Å². The van der Waals surface area contributed by atoms with Crippen molar-refractivity contribution in [1.29, 1.82) is 0 Å². The molecule has 0 aromatic heterocycles. The third-order valence-electron chi connectivity index (χ3n) is 3.52. The molecular weight excluding hydrogens is 252 g/mol. The zero-order valence-corrected chi connectivity index (χ0v) is 12.7. The maximum absolute atomic E-state index is 11.5. The molecule has 0 heterocycles. The summed E-state index contributed by atoms with van der Waals surface area (Å²) >= 11 is 0. The van der Waals surface area contributed by atoms with E-state index in [0.29, 0.717) is 29.5 Å². The van der Waals surface area contributed by atoms with Crippen LogP contribution < -0.4 is 15.8 Å². The Balaban J connectivity index is 2.61. The van der Waals surface area contributed by atoms with Crippen LogP contribution in [0.1, 0.15) is 49.9 Å². The SMILES string of the molecule is CCCCC(CC)COc1ccc(C(=O)NC)cc1N. The van der Waals surface area contributed by atoms with Crippen molar-refractivity contribution in [3.8, 4) is 5.75 Å². The highest BCUT2D eigenvalue weighted by molar-refractivity contribution is 5.95. The van der Waals surface area contributed by atoms with Gasteiger partial charge in [0, 0.05) is 12.6 Å². The lowest BCUT2D eigenvalue weighted by atomic mass is 10.0. The van der Waals surface area contributed by atoms with E-state index in [4.69, 9.17) is 10.5 Å². The van der Waals surface area contributed by atoms with Gasteiger partial charge in [0.2, 0.25) is 0 Å². The highest BCUT2D eigenvalue weighted by atomic mass is 16.5. The summed E-state index contributed by atoms with van der Waals surface area (Å²) in [5, 5.41) is 2.58. The zero-order valence-electron chi connectivity index (χ0n) is 12.7. The van der Waals surface area contributed by atoms with Crippen LogP contribution in [-0.4, -0.2) is 19.6 Å². The number of carbonyl (C=O) groups excluding carboxylic acids is 1. The van der Waals surface area contributed by atoms with E-state index in [1.165, 1.54) is 19.3 Å². The number of benzene rings is 1. The third kappa shape index (κ3) is 4.76. The Labute approximate surface area is 121 Å². The fourth-order valence-corrected chi connectivity index (χ4v) is 2.07. The van der Waals surface area contributed by atoms with E-state index in [9.17, 15) is 4.79 Å². The fourth-order valence-electron chi connectivity index (χ4n) is 2.07. The minimum atomic E-state index is -0.141. The molecule has 0 radical (unpaired) electrons. The van der Waals surface area contributed by atoms with Gasteiger partial charge < -0.3 is 15.8 Å². The molecule has 1 unspecified atom stereocenters. The lowest BCUT2D eigenvalue weighted by Crippen LogP contribution is -2.18. The Morgan fingerprint density at radius 3 is 2.70 bits per heavy atom. The van der Waals surface area contributed by atoms with Crippen LogP contribution in [0.15, 0.2) is 18.2 Å². The van der Waals surface area contributed by atoms with Gasteiger partial charge in [-0.2, -0.15) is 0 Å². The molecule has 3 N–H and O–H groups in total. The van der Waals surface area contributed by atoms with E-state index in [1.807, 2.05) is 0 Å². The van der Waals surface area contributed by atoms with Gasteiger partial charge in [0.25, 0.3) is 5.91 Å². The Bertz CT molecular complexity index is 432. The molecule has 112 valence electrons. The molecule has 4 heteroatoms. The Morgan fingerprint density at radius 1 is 1.40 bits per heavy atom. The molecular formula is C16H26N2O2. The first-order valence-corrected chi connectivity index (χ1v) is 7.36. The van der Waals surface area contributed by atoms with E-state index in [-0.39, 0.29) is 5.91 Å². The summed E-state index contributed by atoms with van der Waals surface area (Å²) in [7, 11) is 1.60. The largest absolute Gasteiger partial charge is 0.491 e. The molecule has 1 aromatic carbocycles. The normalized spacial score (nSPS) is 11.9. The van der Waals surface area contributed by atoms with Crippen molar-refractivity contribution in [3.63, 3.8) is 0 Å². The average Bonchev–Trinajstić information content (AvgIpc) is 2.47. The molecule has 1 aromatic rings. The molecule has 0 aliphatic rings. The van der Waals surface area contributed by atoms with Crippen molar-refractivity contribution in [2.24, 2.45) is 5.92 Å². The molecule has 0 spiro atoms. The van der Waals surface area contributed by atoms with E-state index in [1.54, 1.807) is 25.2 Å². The molecule has 0 aliphatic carbocycles. The van der Waals surface area contributed by atoms with Gasteiger partial charge in [0.05, 0.1) is 12.3 Å². The minimum absolute atomic E-state index is 0.141. The number of amides is 1. The predicted octanol–water partition coefficient (Wildman–Crippen LogP) is 3.22. The number of hydrogen-bond donors (Lipinski definition) is 2. The average molecular weight is 278 g/mol. The number of nitrogen functional groups attached to an aromatic ring is 1. The molecule has 20 heavy (non-hydrogen) atoms. The number of ether oxygens (including phenoxy) is 1. The highest BCUT2D eigenvalue weighted by Crippen LogP contribution is 2.24. The Kier molecular flexibility index (Phi) is 6.91. The first-order chi connectivity index (χ1) is 9.62. The molecule has 1 rings (SSSR count). The summed E-state index contributed by atoms with van der Waals surface area (Å²) in [6.45, 7) is 5.06. The van der Waals surface area contributed by atoms with E-state index in [2.05, 4.69) is 19.2 Å². The van der Waals surface area contributed by atoms with Crippen molar-refractivity contribution < 1.29 is 9.53 Å². The highest BCUT2D eigenvalue weighted by Gasteiger charge is 2.10. The zero-order chi connectivity index (χ0) is 15.0. The summed E-state index contributed by atoms with van der Waals surface area (Å²) < 4.78 is 5.80. The van der Waals surface area contributed by atoms with Gasteiger partial charge in [0.15, 0.2) is 0 Å². The second kappa shape index (κ2) is 8.46. The quantitative estimate of drug-likeness (QED) is 0.718. The van der Waals surface area contributed by atoms with Crippen LogP contribution in [-0.2, 0) is 0 Å². The molecule has 0 fully saturated rings. The van der Waals surface area contributed by atoms with E-state index in [0.717, 1.165) is 6.42 Å². The molecule has 0 saturated carbocycles. The second-order valence-corrected chi connectivity index (χ2v) is 5.06. The van der Waals surface area contributed by atoms with Crippen molar-refractivity contribution in [2.75, 3.05) is 19.4 Å². The van der Waals surface area contributed by atoms with Crippen molar-refractivity contribution in [3.05, 3.63) is 23.8 Å². The van der Waals surface area contributed by atoms with Crippen LogP contribution in [0, 0.1) is 5.92 Å². The number of hydrogen-bond acceptors (Lipinski definition) is 3. The summed E-state index contributed by atoms with van der Waals surface area (Å²) in [6.07, 6.45) is 4.73. The maximum Gasteiger partial charge on any atom is 0.251 e. The topological polar surface area (TPSA) is 64.3 Å². The van der Waals surface area contributed by atoms with Gasteiger partial charge in [0.1, 0.15) is 5.75 Å². The Hall–Kier alpha value is -1.71. The van der Waals surface area contributed by atoms with E-state index < -0.39 is 0 Å². The first-order valence-electron chi connectivity index (χ1n) is 7.36. The van der Waals surface area contributed by atoms with Crippen LogP contribution in [0.4, 0.5) is 5.69 Å². The smallest absolute Gasteiger partial charge is 0.251 e. The first kappa shape index (κ1) is 16.3. The summed E-state index contributed by atoms with van der Waals surface area (Å²) in [4.78, 5) is 11.5. The van der Waals surface area contributed by atoms with Crippen LogP contribution in [0.5, 0.6) is 5.75 Å². The summed E-state index contributed by atoms with van der Waals surface area (Å²) in [5.41, 5.74) is 7.00. The molecule has 4 nitrogen and oxygen atoms in total. The number of anilines is 1. The standard InChI is InChI=1S/C16H26N2O2/c1-4-6-7-12(5-2)11-20-15-9-8-13(10-14(15)17)16(19)18-3/h8-10,12H,4-7,11,17H2,1-3H3,(H,18,19). The summed E-state index contributed by atoms with van der Waals surface area (Å²) in [6, 6.07) is 5.16. The van der Waals surface area contributed by atoms with Crippen LogP contribution in [0.2, 0.25) is 0 Å². The molecule has 0 saturated heterocycles. The van der Waals surface area contributed by atoms with Crippen molar-refractivity contribution in [2.45, 2.75) is 39.5 Å². The number of nitrogens with two attached hydrogens (primary N) is 1. The number of nitrogens with one attached hydrogen (secondary N) is 1. The number of carbonyl (C=O) groups is 1. The van der Waals surface area contributed by atoms with Gasteiger partial charge in [-0.3, -0.25) is 4.79 Å². The van der Waals surface area contributed by atoms with Gasteiger partial charge in [-0.25, -0.2) is 0 Å². The second-order valence-electron chi connectivity index (χ2n) is 5.06. The van der Waals surface area contributed by atoms with Gasteiger partial charge in [-0.05, 0) is 30.5 Å². The van der Waals surface area contributed by atoms with Gasteiger partial charge >= 0.3 is 0 Å². The maximum atomic E-state index is 11.5. The minimum Gasteiger partial charge on any atom is -0.491 e. The third-order valence-corrected chi connectivity index (χ3v) is 3.52. The predicted molar refractivity (Wildman–Crippen MR) is 83.0 cm³/mol. The Morgan fingerprint density at radius 2 is 2.15 bits per heavy atom. The van der Waals surface area contributed by atoms with Crippen LogP contribution in [0.25, 0.3) is 0 Å². The molecule has 0 bridgehead atoms. The summed E-state index contributed by atoms with van der Waals surface area (Å²) in [5.74, 6) is 1.08. The number of unbranched alkanes of at least 4 members (excludes halogenated alkanes) is 1. The lowest BCUT2D eigenvalue weighted by molar-refractivity contribution is 0.0963. The molecule has 0 aliphatic heterocycles. The molecule has 1 atom stereocenters. The molecule has 1 amide bonds.